The van der Waals surface area contributed by atoms with Crippen LogP contribution in [0.3, 0.4) is 0 Å². The number of carboxylic acid groups (broad SMARTS) is 1. The van der Waals surface area contributed by atoms with E-state index in [1.165, 1.54) is 0 Å². The Kier molecular flexibility index (Phi) is 7.48. The lowest BCUT2D eigenvalue weighted by Crippen LogP contribution is -2.27. The largest absolute Gasteiger partial charge is 0.481 e. The summed E-state index contributed by atoms with van der Waals surface area (Å²) in [5.74, 6) is -1.47. The van der Waals surface area contributed by atoms with Crippen molar-refractivity contribution < 1.29 is 15.0 Å². The molecule has 0 aromatic carbocycles. The molecule has 84 valence electrons. The van der Waals surface area contributed by atoms with Crippen LogP contribution >= 0.6 is 0 Å². The molecule has 0 aromatic heterocycles. The number of carboxylic acids is 1. The quantitative estimate of drug-likeness (QED) is 0.594. The molecular weight excluding hydrogens is 180 g/mol. The Morgan fingerprint density at radius 3 is 2.29 bits per heavy atom. The van der Waals surface area contributed by atoms with E-state index in [1.54, 1.807) is 6.92 Å². The lowest BCUT2D eigenvalue weighted by atomic mass is 9.95. The third-order valence-corrected chi connectivity index (χ3v) is 2.57. The second kappa shape index (κ2) is 7.80. The molecule has 0 rings (SSSR count). The van der Waals surface area contributed by atoms with Crippen molar-refractivity contribution >= 4 is 5.97 Å². The van der Waals surface area contributed by atoms with Crippen molar-refractivity contribution in [1.29, 1.82) is 0 Å². The fraction of sp³-hybridized carbons (Fsp3) is 0.909. The van der Waals surface area contributed by atoms with Crippen LogP contribution in [0.25, 0.3) is 0 Å². The maximum atomic E-state index is 10.7. The Hall–Kier alpha value is -0.570. The van der Waals surface area contributed by atoms with Crippen LogP contribution in [0.2, 0.25) is 0 Å². The summed E-state index contributed by atoms with van der Waals surface area (Å²) >= 11 is 0. The summed E-state index contributed by atoms with van der Waals surface area (Å²) in [4.78, 5) is 10.7. The highest BCUT2D eigenvalue weighted by molar-refractivity contribution is 5.70. The molecule has 2 atom stereocenters. The fourth-order valence-electron chi connectivity index (χ4n) is 1.59. The van der Waals surface area contributed by atoms with Crippen LogP contribution in [0.1, 0.15) is 52.4 Å². The molecule has 0 amide bonds. The lowest BCUT2D eigenvalue weighted by molar-refractivity contribution is -0.146. The number of unbranched alkanes of at least 4 members (excludes halogenated alkanes) is 3. The van der Waals surface area contributed by atoms with Crippen molar-refractivity contribution in [3.05, 3.63) is 0 Å². The molecule has 0 spiro atoms. The Morgan fingerprint density at radius 1 is 1.21 bits per heavy atom. The molecule has 14 heavy (non-hydrogen) atoms. The van der Waals surface area contributed by atoms with E-state index in [9.17, 15) is 9.90 Å². The Balaban J connectivity index is 3.69. The first-order valence-electron chi connectivity index (χ1n) is 5.54. The van der Waals surface area contributed by atoms with Crippen molar-refractivity contribution in [2.45, 2.75) is 58.5 Å². The van der Waals surface area contributed by atoms with Crippen molar-refractivity contribution in [2.75, 3.05) is 0 Å². The summed E-state index contributed by atoms with van der Waals surface area (Å²) < 4.78 is 0. The second-order valence-electron chi connectivity index (χ2n) is 3.77. The summed E-state index contributed by atoms with van der Waals surface area (Å²) in [6.07, 6.45) is 4.79. The first-order chi connectivity index (χ1) is 6.63. The van der Waals surface area contributed by atoms with Crippen molar-refractivity contribution in [2.24, 2.45) is 5.92 Å². The number of rotatable bonds is 8. The number of aliphatic carboxylic acids is 1. The molecule has 2 N–H and O–H groups in total. The highest BCUT2D eigenvalue weighted by Gasteiger charge is 2.23. The van der Waals surface area contributed by atoms with E-state index in [0.717, 1.165) is 25.7 Å². The van der Waals surface area contributed by atoms with Gasteiger partial charge in [0.2, 0.25) is 0 Å². The molecule has 0 radical (unpaired) electrons. The maximum Gasteiger partial charge on any atom is 0.309 e. The zero-order chi connectivity index (χ0) is 11.0. The van der Waals surface area contributed by atoms with Crippen LogP contribution in [0, 0.1) is 5.92 Å². The van der Waals surface area contributed by atoms with Crippen LogP contribution < -0.4 is 0 Å². The predicted octanol–water partition coefficient (Wildman–Crippen LogP) is 2.43. The van der Waals surface area contributed by atoms with Crippen LogP contribution in [0.4, 0.5) is 0 Å². The molecule has 0 aromatic rings. The van der Waals surface area contributed by atoms with E-state index in [2.05, 4.69) is 6.92 Å². The average Bonchev–Trinajstić information content (AvgIpc) is 2.13. The highest BCUT2D eigenvalue weighted by atomic mass is 16.4. The SMILES string of the molecule is CCCCCCC(O)C(CC)C(=O)O. The summed E-state index contributed by atoms with van der Waals surface area (Å²) in [6.45, 7) is 3.93. The van der Waals surface area contributed by atoms with Crippen molar-refractivity contribution in [1.82, 2.24) is 0 Å². The topological polar surface area (TPSA) is 57.5 Å². The van der Waals surface area contributed by atoms with Crippen molar-refractivity contribution in [3.8, 4) is 0 Å². The number of aliphatic hydroxyl groups excluding tert-OH is 1. The van der Waals surface area contributed by atoms with E-state index < -0.39 is 18.0 Å². The molecule has 0 fully saturated rings. The molecule has 0 aliphatic heterocycles. The van der Waals surface area contributed by atoms with E-state index in [0.29, 0.717) is 12.8 Å². The summed E-state index contributed by atoms with van der Waals surface area (Å²) in [6, 6.07) is 0. The van der Waals surface area contributed by atoms with Gasteiger partial charge in [0.25, 0.3) is 0 Å². The van der Waals surface area contributed by atoms with Gasteiger partial charge < -0.3 is 10.2 Å². The second-order valence-corrected chi connectivity index (χ2v) is 3.77. The summed E-state index contributed by atoms with van der Waals surface area (Å²) in [5.41, 5.74) is 0. The minimum atomic E-state index is -0.879. The van der Waals surface area contributed by atoms with Gasteiger partial charge in [-0.15, -0.1) is 0 Å². The molecule has 0 bridgehead atoms. The van der Waals surface area contributed by atoms with E-state index in [-0.39, 0.29) is 0 Å². The maximum absolute atomic E-state index is 10.7. The van der Waals surface area contributed by atoms with Gasteiger partial charge in [0, 0.05) is 0 Å². The van der Waals surface area contributed by atoms with Gasteiger partial charge in [-0.25, -0.2) is 0 Å². The highest BCUT2D eigenvalue weighted by Crippen LogP contribution is 2.15. The standard InChI is InChI=1S/C11H22O3/c1-3-5-6-7-8-10(12)9(4-2)11(13)14/h9-10,12H,3-8H2,1-2H3,(H,13,14). The molecule has 0 saturated heterocycles. The Labute approximate surface area is 86.1 Å². The van der Waals surface area contributed by atoms with Gasteiger partial charge in [-0.1, -0.05) is 39.5 Å². The lowest BCUT2D eigenvalue weighted by Gasteiger charge is -2.17. The summed E-state index contributed by atoms with van der Waals surface area (Å²) in [7, 11) is 0. The van der Waals surface area contributed by atoms with E-state index in [1.807, 2.05) is 0 Å². The van der Waals surface area contributed by atoms with Gasteiger partial charge in [-0.2, -0.15) is 0 Å². The molecule has 0 heterocycles. The molecular formula is C11H22O3. The minimum absolute atomic E-state index is 0.504. The zero-order valence-corrected chi connectivity index (χ0v) is 9.20. The third kappa shape index (κ3) is 5.22. The fourth-order valence-corrected chi connectivity index (χ4v) is 1.59. The van der Waals surface area contributed by atoms with Gasteiger partial charge in [-0.3, -0.25) is 4.79 Å². The normalized spacial score (nSPS) is 15.1. The predicted molar refractivity (Wildman–Crippen MR) is 56.2 cm³/mol. The van der Waals surface area contributed by atoms with Crippen LogP contribution in [-0.2, 0) is 4.79 Å². The zero-order valence-electron chi connectivity index (χ0n) is 9.20. The van der Waals surface area contributed by atoms with Crippen LogP contribution in [0.5, 0.6) is 0 Å². The minimum Gasteiger partial charge on any atom is -0.481 e. The van der Waals surface area contributed by atoms with Gasteiger partial charge in [0.15, 0.2) is 0 Å². The molecule has 3 nitrogen and oxygen atoms in total. The molecule has 3 heteroatoms. The van der Waals surface area contributed by atoms with Crippen LogP contribution in [-0.4, -0.2) is 22.3 Å². The van der Waals surface area contributed by atoms with E-state index >= 15 is 0 Å². The third-order valence-electron chi connectivity index (χ3n) is 2.57. The average molecular weight is 202 g/mol. The van der Waals surface area contributed by atoms with E-state index in [4.69, 9.17) is 5.11 Å². The smallest absolute Gasteiger partial charge is 0.309 e. The molecule has 2 unspecified atom stereocenters. The van der Waals surface area contributed by atoms with Crippen molar-refractivity contribution in [3.63, 3.8) is 0 Å². The number of hydrogen-bond donors (Lipinski definition) is 2. The molecule has 0 saturated carbocycles. The summed E-state index contributed by atoms with van der Waals surface area (Å²) in [5, 5.41) is 18.4. The number of aliphatic hydroxyl groups is 1. The number of hydrogen-bond acceptors (Lipinski definition) is 2. The Morgan fingerprint density at radius 2 is 1.86 bits per heavy atom. The van der Waals surface area contributed by atoms with Gasteiger partial charge in [-0.05, 0) is 12.8 Å². The molecule has 0 aliphatic rings. The van der Waals surface area contributed by atoms with Gasteiger partial charge >= 0.3 is 5.97 Å². The molecule has 0 aliphatic carbocycles. The Bertz CT molecular complexity index is 157. The van der Waals surface area contributed by atoms with Crippen LogP contribution in [0.15, 0.2) is 0 Å². The first kappa shape index (κ1) is 13.4. The monoisotopic (exact) mass is 202 g/mol. The van der Waals surface area contributed by atoms with Gasteiger partial charge in [0.1, 0.15) is 0 Å². The van der Waals surface area contributed by atoms with Gasteiger partial charge in [0.05, 0.1) is 12.0 Å². The number of carbonyl (C=O) groups is 1. The first-order valence-corrected chi connectivity index (χ1v) is 5.54.